The fourth-order valence-corrected chi connectivity index (χ4v) is 12.7. The molecular weight excluding hydrogens is 1530 g/mol. The van der Waals surface area contributed by atoms with Crippen LogP contribution in [0.2, 0.25) is 0 Å². The number of para-hydroxylation sites is 2. The van der Waals surface area contributed by atoms with Crippen LogP contribution in [0.3, 0.4) is 0 Å². The standard InChI is InChI=1S/C77H95N17O19S2/c1-39(2)64(75(111)93-61(38-115)74(110)91-59(76(112)113)32-45-36-83-52-17-10-8-15-49(45)52)94-72(108)58(34-63(99)100)90-69(105)54(29-41-12-5-4-6-13-41)86-68(104)55(30-43-21-25-47(96)26-22-43)87-70(106)56(31-44-35-82-51-16-9-7-14-48(44)51)88-71(107)57(33-62(97)98)89-67(103)53(18-11-27-81-77(79)80)85-65(101)40(3)84-73(109)60(37-114)92-66(102)50(78)28-42-19-23-46(95)24-20-42/h4-10,12-17,19-26,35-36,39-40,50,53-61,64,82-83,95-96,114-115H,11,18,27-34,37-38,78H2,1-3H3,(H,84,109)(H,85,101)(H,86,104)(H,87,106)(H,88,107)(H,89,103)(H,90,105)(H,91,110)(H,92,102)(H,93,111)(H,94,108)(H,97,98)(H,99,100)(H,112,113)(H4,79,80,81)/t40-,50-,53-,54-,55-,56-,57-,58-,59-,60-,61-,64-/m0/s1. The van der Waals surface area contributed by atoms with Crippen LogP contribution in [-0.2, 0) is 99.2 Å². The molecule has 7 rings (SSSR count). The lowest BCUT2D eigenvalue weighted by Crippen LogP contribution is -2.62. The molecule has 0 aliphatic heterocycles. The summed E-state index contributed by atoms with van der Waals surface area (Å²) in [6.45, 7) is 4.22. The van der Waals surface area contributed by atoms with Crippen LogP contribution in [0.15, 0.2) is 140 Å². The van der Waals surface area contributed by atoms with Crippen LogP contribution in [-0.4, -0.2) is 215 Å². The molecule has 0 aliphatic carbocycles. The van der Waals surface area contributed by atoms with Crippen molar-refractivity contribution in [2.24, 2.45) is 17.4 Å². The quantitative estimate of drug-likeness (QED) is 0.00949. The molecule has 0 spiro atoms. The maximum Gasteiger partial charge on any atom is 0.326 e. The minimum absolute atomic E-state index is 0.00178. The van der Waals surface area contributed by atoms with Gasteiger partial charge in [0.25, 0.3) is 0 Å². The van der Waals surface area contributed by atoms with Gasteiger partial charge in [0.05, 0.1) is 18.9 Å². The van der Waals surface area contributed by atoms with Crippen molar-refractivity contribution >= 4 is 136 Å². The lowest BCUT2D eigenvalue weighted by atomic mass is 10.00. The van der Waals surface area contributed by atoms with Gasteiger partial charge in [-0.1, -0.05) is 105 Å². The maximum absolute atomic E-state index is 15.3. The number of aromatic hydroxyl groups is 2. The number of benzene rings is 5. The van der Waals surface area contributed by atoms with E-state index in [0.717, 1.165) is 5.52 Å². The van der Waals surface area contributed by atoms with Gasteiger partial charge in [-0.15, -0.1) is 0 Å². The number of thiol groups is 2. The van der Waals surface area contributed by atoms with Gasteiger partial charge in [-0.25, -0.2) is 4.79 Å². The number of carbonyl (C=O) groups excluding carboxylic acids is 11. The van der Waals surface area contributed by atoms with Crippen molar-refractivity contribution in [3.05, 3.63) is 168 Å². The largest absolute Gasteiger partial charge is 0.508 e. The van der Waals surface area contributed by atoms with E-state index in [1.54, 1.807) is 97.2 Å². The first-order valence-electron chi connectivity index (χ1n) is 36.5. The number of aromatic amines is 2. The number of amides is 11. The third-order valence-electron chi connectivity index (χ3n) is 18.4. The van der Waals surface area contributed by atoms with Gasteiger partial charge in [0.1, 0.15) is 78.0 Å². The monoisotopic (exact) mass is 1630 g/mol. The number of carboxylic acids is 3. The van der Waals surface area contributed by atoms with Crippen LogP contribution in [0.1, 0.15) is 74.3 Å². The topological polar surface area (TPSA) is 592 Å². The minimum atomic E-state index is -2.05. The Balaban J connectivity index is 1.12. The number of guanidine groups is 1. The van der Waals surface area contributed by atoms with Crippen LogP contribution in [0.5, 0.6) is 11.5 Å². The zero-order valence-electron chi connectivity index (χ0n) is 62.8. The molecule has 24 N–H and O–H groups in total. The SMILES string of the molecule is CC(C)[C@H](NC(=O)[C@H](CC(=O)O)NC(=O)[C@H](Cc1ccccc1)NC(=O)[C@H](Cc1ccc(O)cc1)NC(=O)[C@H](Cc1c[nH]c2ccccc12)NC(=O)[C@H](CC(=O)O)NC(=O)[C@H](CCCNC(=N)N)NC(=O)[C@H](C)NC(=O)[C@H](CS)NC(=O)[C@@H](N)Cc1ccc(O)cc1)C(=O)N[C@@H](CS)C(=O)N[C@@H](Cc1c[nH]c2ccccc12)C(=O)O. The van der Waals surface area contributed by atoms with E-state index in [-0.39, 0.29) is 61.7 Å². The Morgan fingerprint density at radius 3 is 1.23 bits per heavy atom. The maximum atomic E-state index is 15.3. The highest BCUT2D eigenvalue weighted by molar-refractivity contribution is 7.80. The summed E-state index contributed by atoms with van der Waals surface area (Å²) in [5.41, 5.74) is 15.2. The van der Waals surface area contributed by atoms with Crippen LogP contribution < -0.4 is 75.3 Å². The van der Waals surface area contributed by atoms with Gasteiger partial charge in [0, 0.05) is 77.9 Å². The van der Waals surface area contributed by atoms with Gasteiger partial charge >= 0.3 is 17.9 Å². The zero-order valence-corrected chi connectivity index (χ0v) is 64.6. The van der Waals surface area contributed by atoms with E-state index in [4.69, 9.17) is 16.9 Å². The number of nitrogens with two attached hydrogens (primary N) is 2. The van der Waals surface area contributed by atoms with Gasteiger partial charge in [-0.2, -0.15) is 25.3 Å². The molecule has 11 amide bonds. The number of rotatable bonds is 44. The Labute approximate surface area is 670 Å². The van der Waals surface area contributed by atoms with Crippen molar-refractivity contribution in [2.45, 2.75) is 151 Å². The molecule has 38 heteroatoms. The van der Waals surface area contributed by atoms with Crippen LogP contribution in [0.25, 0.3) is 21.8 Å². The predicted molar refractivity (Wildman–Crippen MR) is 426 cm³/mol. The van der Waals surface area contributed by atoms with Gasteiger partial charge in [-0.3, -0.25) is 67.7 Å². The fraction of sp³-hybridized carbons (Fsp3) is 0.364. The first-order valence-corrected chi connectivity index (χ1v) is 37.7. The summed E-state index contributed by atoms with van der Waals surface area (Å²) in [6.07, 6.45) is -0.720. The number of hydrogen-bond donors (Lipinski definition) is 24. The Kier molecular flexibility index (Phi) is 33.7. The van der Waals surface area contributed by atoms with Gasteiger partial charge in [-0.05, 0) is 96.3 Å². The van der Waals surface area contributed by atoms with Crippen LogP contribution in [0, 0.1) is 11.3 Å². The molecule has 0 saturated heterocycles. The van der Waals surface area contributed by atoms with Crippen molar-refractivity contribution < 1.29 is 92.7 Å². The highest BCUT2D eigenvalue weighted by Crippen LogP contribution is 2.23. The normalized spacial score (nSPS) is 14.3. The molecule has 5 aromatic carbocycles. The van der Waals surface area contributed by atoms with Crippen molar-refractivity contribution in [2.75, 3.05) is 18.1 Å². The summed E-state index contributed by atoms with van der Waals surface area (Å²) < 4.78 is 0. The predicted octanol–water partition coefficient (Wildman–Crippen LogP) is -0.933. The second-order valence-corrected chi connectivity index (χ2v) is 28.3. The first-order chi connectivity index (χ1) is 54.7. The molecule has 0 bridgehead atoms. The molecule has 614 valence electrons. The molecule has 7 aromatic rings. The number of fused-ring (bicyclic) bond motifs is 2. The number of aliphatic carboxylic acids is 3. The lowest BCUT2D eigenvalue weighted by Gasteiger charge is -2.29. The molecule has 0 aliphatic rings. The van der Waals surface area contributed by atoms with Gasteiger partial charge in [0.15, 0.2) is 5.96 Å². The third-order valence-corrected chi connectivity index (χ3v) is 19.1. The first kappa shape index (κ1) is 89.5. The van der Waals surface area contributed by atoms with Crippen molar-refractivity contribution in [1.29, 1.82) is 5.41 Å². The highest BCUT2D eigenvalue weighted by Gasteiger charge is 2.39. The van der Waals surface area contributed by atoms with Gasteiger partial charge in [0.2, 0.25) is 65.0 Å². The number of hydrogen-bond acceptors (Lipinski definition) is 20. The molecule has 36 nitrogen and oxygen atoms in total. The average Bonchev–Trinajstić information content (AvgIpc) is 1.74. The molecular formula is C77H95N17O19S2. The number of aromatic nitrogens is 2. The summed E-state index contributed by atoms with van der Waals surface area (Å²) in [6, 6.07) is 13.8. The summed E-state index contributed by atoms with van der Waals surface area (Å²) >= 11 is 8.43. The van der Waals surface area contributed by atoms with Crippen molar-refractivity contribution in [3.8, 4) is 11.5 Å². The summed E-state index contributed by atoms with van der Waals surface area (Å²) in [5.74, 6) is -18.3. The average molecular weight is 1630 g/mol. The number of phenols is 2. The van der Waals surface area contributed by atoms with Gasteiger partial charge < -0.3 is 111 Å². The molecule has 0 unspecified atom stereocenters. The number of H-pyrrole nitrogens is 2. The summed E-state index contributed by atoms with van der Waals surface area (Å²) in [7, 11) is 0. The molecule has 2 aromatic heterocycles. The van der Waals surface area contributed by atoms with E-state index < -0.39 is 193 Å². The number of carbonyl (C=O) groups is 14. The Morgan fingerprint density at radius 1 is 0.409 bits per heavy atom. The second kappa shape index (κ2) is 43.4. The molecule has 0 fully saturated rings. The number of nitrogens with one attached hydrogen (secondary N) is 15. The van der Waals surface area contributed by atoms with E-state index in [1.807, 2.05) is 0 Å². The van der Waals surface area contributed by atoms with Crippen molar-refractivity contribution in [3.63, 3.8) is 0 Å². The Hall–Kier alpha value is -12.7. The Morgan fingerprint density at radius 2 is 0.774 bits per heavy atom. The molecule has 2 heterocycles. The zero-order chi connectivity index (χ0) is 84.2. The minimum Gasteiger partial charge on any atom is -0.508 e. The fourth-order valence-electron chi connectivity index (χ4n) is 12.2. The number of phenolic OH excluding ortho intramolecular Hbond substituents is 2. The number of carboxylic acid groups (broad SMARTS) is 3. The molecule has 115 heavy (non-hydrogen) atoms. The smallest absolute Gasteiger partial charge is 0.326 e. The highest BCUT2D eigenvalue weighted by atomic mass is 32.1. The lowest BCUT2D eigenvalue weighted by molar-refractivity contribution is -0.142. The molecule has 0 radical (unpaired) electrons. The molecule has 12 atom stereocenters. The summed E-state index contributed by atoms with van der Waals surface area (Å²) in [5, 5.41) is 89.2. The molecule has 0 saturated carbocycles. The van der Waals surface area contributed by atoms with E-state index >= 15 is 9.59 Å². The Bertz CT molecular complexity index is 4630. The van der Waals surface area contributed by atoms with E-state index in [9.17, 15) is 83.1 Å². The van der Waals surface area contributed by atoms with E-state index in [2.05, 4.69) is 99.0 Å². The van der Waals surface area contributed by atoms with Crippen LogP contribution in [0.4, 0.5) is 0 Å². The van der Waals surface area contributed by atoms with Crippen molar-refractivity contribution in [1.82, 2.24) is 73.8 Å². The van der Waals surface area contributed by atoms with E-state index in [0.29, 0.717) is 44.1 Å². The second-order valence-electron chi connectivity index (χ2n) is 27.6. The van der Waals surface area contributed by atoms with Crippen LogP contribution >= 0.6 is 25.3 Å². The summed E-state index contributed by atoms with van der Waals surface area (Å²) in [4.78, 5) is 201. The van der Waals surface area contributed by atoms with E-state index in [1.165, 1.54) is 63.4 Å². The third kappa shape index (κ3) is 27.6.